The Morgan fingerprint density at radius 3 is 2.56 bits per heavy atom. The Hall–Kier alpha value is -3.17. The van der Waals surface area contributed by atoms with E-state index in [4.69, 9.17) is 4.74 Å². The van der Waals surface area contributed by atoms with Crippen LogP contribution < -0.4 is 10.1 Å². The lowest BCUT2D eigenvalue weighted by molar-refractivity contribution is 0.102. The van der Waals surface area contributed by atoms with E-state index in [1.807, 2.05) is 30.3 Å². The molecule has 0 spiro atoms. The summed E-state index contributed by atoms with van der Waals surface area (Å²) in [4.78, 5) is 12.8. The lowest BCUT2D eigenvalue weighted by atomic mass is 10.2. The molecule has 1 fully saturated rings. The Balaban J connectivity index is 1.52. The van der Waals surface area contributed by atoms with E-state index in [9.17, 15) is 13.2 Å². The standard InChI is InChI=1S/C23H26N4O4S/c1-31-21-11-10-20(14-22(21)32(29,30)27-12-6-3-7-13-27)25-23(28)19-15-24-26(17-19)16-18-8-4-2-5-9-18/h2,4-5,8-11,14-15,17H,3,6-7,12-13,16H2,1H3,(H,25,28). The zero-order chi connectivity index (χ0) is 22.6. The Morgan fingerprint density at radius 1 is 1.09 bits per heavy atom. The fourth-order valence-electron chi connectivity index (χ4n) is 3.74. The van der Waals surface area contributed by atoms with E-state index >= 15 is 0 Å². The maximum atomic E-state index is 13.2. The van der Waals surface area contributed by atoms with Crippen LogP contribution in [0, 0.1) is 0 Å². The van der Waals surface area contributed by atoms with Crippen molar-refractivity contribution in [1.82, 2.24) is 14.1 Å². The number of carbonyl (C=O) groups excluding carboxylic acids is 1. The first-order valence-electron chi connectivity index (χ1n) is 10.5. The van der Waals surface area contributed by atoms with Gasteiger partial charge in [-0.3, -0.25) is 9.48 Å². The molecule has 0 radical (unpaired) electrons. The predicted octanol–water partition coefficient (Wildman–Crippen LogP) is 3.37. The van der Waals surface area contributed by atoms with Gasteiger partial charge >= 0.3 is 0 Å². The normalized spacial score (nSPS) is 14.8. The number of piperidine rings is 1. The van der Waals surface area contributed by atoms with Gasteiger partial charge in [0.25, 0.3) is 5.91 Å². The van der Waals surface area contributed by atoms with Crippen LogP contribution in [0.3, 0.4) is 0 Å². The van der Waals surface area contributed by atoms with E-state index in [2.05, 4.69) is 10.4 Å². The minimum atomic E-state index is -3.72. The van der Waals surface area contributed by atoms with Gasteiger partial charge in [0.15, 0.2) is 0 Å². The largest absolute Gasteiger partial charge is 0.495 e. The molecule has 32 heavy (non-hydrogen) atoms. The summed E-state index contributed by atoms with van der Waals surface area (Å²) in [7, 11) is -2.28. The molecule has 4 rings (SSSR count). The van der Waals surface area contributed by atoms with Crippen molar-refractivity contribution in [3.8, 4) is 5.75 Å². The average molecular weight is 455 g/mol. The molecule has 0 saturated carbocycles. The Morgan fingerprint density at radius 2 is 1.84 bits per heavy atom. The number of anilines is 1. The van der Waals surface area contributed by atoms with Crippen LogP contribution >= 0.6 is 0 Å². The number of methoxy groups -OCH3 is 1. The van der Waals surface area contributed by atoms with Gasteiger partial charge in [0.1, 0.15) is 10.6 Å². The summed E-state index contributed by atoms with van der Waals surface area (Å²) in [5.74, 6) is -0.111. The highest BCUT2D eigenvalue weighted by Gasteiger charge is 2.29. The van der Waals surface area contributed by atoms with Crippen molar-refractivity contribution in [2.75, 3.05) is 25.5 Å². The fourth-order valence-corrected chi connectivity index (χ4v) is 5.44. The second kappa shape index (κ2) is 9.54. The van der Waals surface area contributed by atoms with Crippen LogP contribution in [0.2, 0.25) is 0 Å². The van der Waals surface area contributed by atoms with Crippen molar-refractivity contribution in [3.63, 3.8) is 0 Å². The molecule has 0 aliphatic carbocycles. The molecule has 0 unspecified atom stereocenters. The van der Waals surface area contributed by atoms with E-state index in [-0.39, 0.29) is 16.6 Å². The monoisotopic (exact) mass is 454 g/mol. The number of nitrogens with zero attached hydrogens (tertiary/aromatic N) is 3. The number of rotatable bonds is 7. The van der Waals surface area contributed by atoms with Gasteiger partial charge in [-0.1, -0.05) is 36.8 Å². The summed E-state index contributed by atoms with van der Waals surface area (Å²) < 4.78 is 34.8. The molecular weight excluding hydrogens is 428 g/mol. The van der Waals surface area contributed by atoms with Gasteiger partial charge in [-0.15, -0.1) is 0 Å². The van der Waals surface area contributed by atoms with E-state index in [0.717, 1.165) is 24.8 Å². The smallest absolute Gasteiger partial charge is 0.258 e. The van der Waals surface area contributed by atoms with Crippen molar-refractivity contribution in [2.45, 2.75) is 30.7 Å². The Bertz CT molecular complexity index is 1190. The van der Waals surface area contributed by atoms with Crippen molar-refractivity contribution < 1.29 is 17.9 Å². The minimum Gasteiger partial charge on any atom is -0.495 e. The van der Waals surface area contributed by atoms with Crippen LogP contribution in [0.5, 0.6) is 5.75 Å². The molecule has 3 aromatic rings. The first-order chi connectivity index (χ1) is 15.5. The van der Waals surface area contributed by atoms with Gasteiger partial charge in [-0.05, 0) is 36.6 Å². The van der Waals surface area contributed by atoms with Crippen LogP contribution in [0.25, 0.3) is 0 Å². The number of carbonyl (C=O) groups is 1. The number of hydrogen-bond donors (Lipinski definition) is 1. The predicted molar refractivity (Wildman–Crippen MR) is 121 cm³/mol. The number of benzene rings is 2. The number of aromatic nitrogens is 2. The maximum absolute atomic E-state index is 13.2. The van der Waals surface area contributed by atoms with Gasteiger partial charge in [-0.2, -0.15) is 9.40 Å². The van der Waals surface area contributed by atoms with Gasteiger partial charge in [0, 0.05) is 25.0 Å². The molecule has 1 aliphatic heterocycles. The van der Waals surface area contributed by atoms with Gasteiger partial charge in [-0.25, -0.2) is 8.42 Å². The molecule has 1 amide bonds. The molecule has 1 saturated heterocycles. The lowest BCUT2D eigenvalue weighted by Crippen LogP contribution is -2.35. The van der Waals surface area contributed by atoms with Crippen LogP contribution in [0.15, 0.2) is 65.8 Å². The Kier molecular flexibility index (Phi) is 6.57. The minimum absolute atomic E-state index is 0.0551. The van der Waals surface area contributed by atoms with Gasteiger partial charge in [0.2, 0.25) is 10.0 Å². The third-order valence-corrected chi connectivity index (χ3v) is 7.36. The summed E-state index contributed by atoms with van der Waals surface area (Å²) in [6, 6.07) is 14.5. The fraction of sp³-hybridized carbons (Fsp3) is 0.304. The van der Waals surface area contributed by atoms with Crippen molar-refractivity contribution >= 4 is 21.6 Å². The van der Waals surface area contributed by atoms with Crippen LogP contribution in [0.1, 0.15) is 35.2 Å². The number of sulfonamides is 1. The molecule has 2 aromatic carbocycles. The second-order valence-electron chi connectivity index (χ2n) is 7.70. The molecule has 0 atom stereocenters. The third kappa shape index (κ3) is 4.84. The topological polar surface area (TPSA) is 93.5 Å². The Labute approximate surface area is 187 Å². The van der Waals surface area contributed by atoms with Crippen molar-refractivity contribution in [1.29, 1.82) is 0 Å². The highest BCUT2D eigenvalue weighted by molar-refractivity contribution is 7.89. The zero-order valence-electron chi connectivity index (χ0n) is 17.9. The highest BCUT2D eigenvalue weighted by atomic mass is 32.2. The third-order valence-electron chi connectivity index (χ3n) is 5.44. The average Bonchev–Trinajstić information content (AvgIpc) is 3.29. The molecule has 2 heterocycles. The molecule has 1 N–H and O–H groups in total. The summed E-state index contributed by atoms with van der Waals surface area (Å²) >= 11 is 0. The van der Waals surface area contributed by atoms with Crippen molar-refractivity contribution in [3.05, 3.63) is 72.1 Å². The number of ether oxygens (including phenoxy) is 1. The molecule has 168 valence electrons. The molecule has 9 heteroatoms. The quantitative estimate of drug-likeness (QED) is 0.591. The maximum Gasteiger partial charge on any atom is 0.258 e. The summed E-state index contributed by atoms with van der Waals surface area (Å²) in [6.45, 7) is 1.53. The molecule has 8 nitrogen and oxygen atoms in total. The first kappa shape index (κ1) is 22.0. The molecule has 1 aromatic heterocycles. The van der Waals surface area contributed by atoms with Crippen LogP contribution in [-0.4, -0.2) is 48.6 Å². The van der Waals surface area contributed by atoms with Gasteiger partial charge < -0.3 is 10.1 Å². The van der Waals surface area contributed by atoms with Crippen LogP contribution in [-0.2, 0) is 16.6 Å². The summed E-state index contributed by atoms with van der Waals surface area (Å²) in [6.07, 6.45) is 5.86. The number of amides is 1. The SMILES string of the molecule is COc1ccc(NC(=O)c2cnn(Cc3ccccc3)c2)cc1S(=O)(=O)N1CCCCC1. The first-order valence-corrected chi connectivity index (χ1v) is 12.0. The van der Waals surface area contributed by atoms with Gasteiger partial charge in [0.05, 0.1) is 25.4 Å². The molecule has 0 bridgehead atoms. The summed E-state index contributed by atoms with van der Waals surface area (Å²) in [5.41, 5.74) is 1.84. The van der Waals surface area contributed by atoms with E-state index in [1.54, 1.807) is 23.0 Å². The van der Waals surface area contributed by atoms with Crippen molar-refractivity contribution in [2.24, 2.45) is 0 Å². The summed E-state index contributed by atoms with van der Waals surface area (Å²) in [5, 5.41) is 7.02. The zero-order valence-corrected chi connectivity index (χ0v) is 18.7. The second-order valence-corrected chi connectivity index (χ2v) is 9.60. The van der Waals surface area contributed by atoms with Crippen LogP contribution in [0.4, 0.5) is 5.69 Å². The number of hydrogen-bond acceptors (Lipinski definition) is 5. The molecular formula is C23H26N4O4S. The van der Waals surface area contributed by atoms with E-state index in [0.29, 0.717) is 30.9 Å². The molecule has 1 aliphatic rings. The highest BCUT2D eigenvalue weighted by Crippen LogP contribution is 2.31. The number of nitrogens with one attached hydrogen (secondary N) is 1. The lowest BCUT2D eigenvalue weighted by Gasteiger charge is -2.26. The van der Waals surface area contributed by atoms with E-state index < -0.39 is 10.0 Å². The van der Waals surface area contributed by atoms with E-state index in [1.165, 1.54) is 23.7 Å².